The lowest BCUT2D eigenvalue weighted by atomic mass is 10.1. The normalized spacial score (nSPS) is 10.7. The Morgan fingerprint density at radius 3 is 1.17 bits per heavy atom. The van der Waals surface area contributed by atoms with Crippen molar-refractivity contribution in [3.05, 3.63) is 95.6 Å². The summed E-state index contributed by atoms with van der Waals surface area (Å²) in [5.74, 6) is 5.70. The second-order valence-corrected chi connectivity index (χ2v) is 15.5. The maximum absolute atomic E-state index is 12.3. The number of hydrogen-bond acceptors (Lipinski definition) is 10. The Morgan fingerprint density at radius 1 is 0.533 bits per heavy atom. The van der Waals surface area contributed by atoms with E-state index in [4.69, 9.17) is 28.4 Å². The molecular weight excluding hydrogens is 848 g/mol. The number of amides is 2. The number of pyridine rings is 2. The first-order valence-electron chi connectivity index (χ1n) is 19.0. The summed E-state index contributed by atoms with van der Waals surface area (Å²) in [6.07, 6.45) is 18.4. The molecule has 0 aliphatic rings. The Labute approximate surface area is 374 Å². The molecular formula is C44H56Cl2N4O8S2. The molecule has 0 radical (unpaired) electrons. The van der Waals surface area contributed by atoms with Crippen molar-refractivity contribution in [1.82, 2.24) is 10.6 Å². The van der Waals surface area contributed by atoms with Gasteiger partial charge in [0.05, 0.1) is 53.8 Å². The summed E-state index contributed by atoms with van der Waals surface area (Å²) < 4.78 is 36.9. The Kier molecular flexibility index (Phi) is 24.5. The molecule has 2 amide bonds. The van der Waals surface area contributed by atoms with Crippen molar-refractivity contribution in [2.45, 2.75) is 38.8 Å². The number of carbonyl (C=O) groups is 2. The average molecular weight is 904 g/mol. The van der Waals surface area contributed by atoms with Crippen LogP contribution in [0.25, 0.3) is 24.3 Å². The summed E-state index contributed by atoms with van der Waals surface area (Å²) >= 11 is 0. The van der Waals surface area contributed by atoms with Gasteiger partial charge in [-0.2, -0.15) is 0 Å². The van der Waals surface area contributed by atoms with E-state index >= 15 is 0 Å². The smallest absolute Gasteiger partial charge is 0.220 e. The highest BCUT2D eigenvalue weighted by molar-refractivity contribution is 8.76. The largest absolute Gasteiger partial charge is 1.00 e. The third kappa shape index (κ3) is 17.1. The Bertz CT molecular complexity index is 1780. The Hall–Kier alpha value is -4.76. The van der Waals surface area contributed by atoms with Crippen LogP contribution in [0.3, 0.4) is 0 Å². The highest BCUT2D eigenvalue weighted by atomic mass is 35.5. The minimum absolute atomic E-state index is 0. The van der Waals surface area contributed by atoms with Gasteiger partial charge in [-0.05, 0) is 23.3 Å². The monoisotopic (exact) mass is 902 g/mol. The fourth-order valence-corrected chi connectivity index (χ4v) is 7.63. The molecule has 326 valence electrons. The van der Waals surface area contributed by atoms with E-state index in [9.17, 15) is 9.59 Å². The van der Waals surface area contributed by atoms with E-state index in [-0.39, 0.29) is 36.6 Å². The lowest BCUT2D eigenvalue weighted by molar-refractivity contribution is -0.697. The maximum atomic E-state index is 12.3. The van der Waals surface area contributed by atoms with E-state index in [1.807, 2.05) is 97.6 Å². The van der Waals surface area contributed by atoms with Gasteiger partial charge in [0.15, 0.2) is 24.8 Å². The molecule has 0 spiro atoms. The van der Waals surface area contributed by atoms with Crippen LogP contribution in [0.4, 0.5) is 0 Å². The predicted molar refractivity (Wildman–Crippen MR) is 233 cm³/mol. The van der Waals surface area contributed by atoms with Crippen LogP contribution in [0.2, 0.25) is 0 Å². The Morgan fingerprint density at radius 2 is 0.867 bits per heavy atom. The van der Waals surface area contributed by atoms with Crippen molar-refractivity contribution in [1.29, 1.82) is 0 Å². The molecule has 0 saturated heterocycles. The van der Waals surface area contributed by atoms with Gasteiger partial charge in [-0.1, -0.05) is 33.7 Å². The van der Waals surface area contributed by atoms with E-state index in [1.54, 1.807) is 64.2 Å². The van der Waals surface area contributed by atoms with Crippen molar-refractivity contribution in [3.63, 3.8) is 0 Å². The van der Waals surface area contributed by atoms with Gasteiger partial charge in [0.1, 0.15) is 47.6 Å². The predicted octanol–water partition coefficient (Wildman–Crippen LogP) is 0.536. The third-order valence-corrected chi connectivity index (χ3v) is 11.4. The van der Waals surface area contributed by atoms with E-state index in [0.29, 0.717) is 60.4 Å². The molecule has 0 atom stereocenters. The van der Waals surface area contributed by atoms with Gasteiger partial charge in [0.2, 0.25) is 11.8 Å². The number of rotatable bonds is 25. The lowest BCUT2D eigenvalue weighted by Gasteiger charge is -2.12. The van der Waals surface area contributed by atoms with Crippen LogP contribution >= 0.6 is 21.6 Å². The average Bonchev–Trinajstić information content (AvgIpc) is 3.25. The number of hydrogen-bond donors (Lipinski definition) is 2. The molecule has 0 aliphatic heterocycles. The summed E-state index contributed by atoms with van der Waals surface area (Å²) in [6, 6.07) is 15.4. The van der Waals surface area contributed by atoms with Crippen LogP contribution in [0.5, 0.6) is 34.5 Å². The number of aryl methyl sites for hydroxylation is 2. The van der Waals surface area contributed by atoms with Gasteiger partial charge in [-0.3, -0.25) is 9.59 Å². The molecule has 2 aromatic heterocycles. The van der Waals surface area contributed by atoms with Crippen LogP contribution < -0.4 is 73.0 Å². The molecule has 2 aromatic carbocycles. The number of aromatic nitrogens is 2. The van der Waals surface area contributed by atoms with E-state index < -0.39 is 0 Å². The lowest BCUT2D eigenvalue weighted by Crippen LogP contribution is -3.00. The van der Waals surface area contributed by atoms with Gasteiger partial charge < -0.3 is 63.9 Å². The molecule has 0 bridgehead atoms. The van der Waals surface area contributed by atoms with Crippen LogP contribution in [0.15, 0.2) is 73.3 Å². The maximum Gasteiger partial charge on any atom is 0.220 e. The van der Waals surface area contributed by atoms with E-state index in [1.165, 1.54) is 0 Å². The molecule has 4 aromatic rings. The first-order chi connectivity index (χ1) is 28.3. The first-order valence-corrected chi connectivity index (χ1v) is 21.5. The topological polar surface area (TPSA) is 121 Å². The van der Waals surface area contributed by atoms with Crippen LogP contribution in [0, 0.1) is 0 Å². The highest BCUT2D eigenvalue weighted by Gasteiger charge is 2.13. The minimum Gasteiger partial charge on any atom is -1.00 e. The second kappa shape index (κ2) is 28.7. The van der Waals surface area contributed by atoms with E-state index in [0.717, 1.165) is 59.7 Å². The number of benzene rings is 2. The summed E-state index contributed by atoms with van der Waals surface area (Å²) in [6.45, 7) is 2.72. The molecule has 4 rings (SSSR count). The van der Waals surface area contributed by atoms with Crippen molar-refractivity contribution in [3.8, 4) is 34.5 Å². The number of nitrogens with one attached hydrogen (secondary N) is 2. The Balaban J connectivity index is 0.00000620. The molecule has 12 nitrogen and oxygen atoms in total. The second-order valence-electron chi connectivity index (χ2n) is 12.8. The molecule has 2 heterocycles. The fourth-order valence-electron chi connectivity index (χ4n) is 5.81. The van der Waals surface area contributed by atoms with Gasteiger partial charge in [0.25, 0.3) is 0 Å². The standard InChI is InChI=1S/C44H54N4O8S2.2ClH/c1-51-35-29-39(53-3)37(40(30-35)54-4)13-11-33-15-23-47(24-16-33)21-7-9-43(49)45-19-27-57-58-28-20-46-44(50)10-8-22-48-25-17-34(18-26-48)12-14-38-41(55-5)31-36(52-2)32-42(38)56-6;;/h11-18,23-26,29-32H,7-10,19-22,27-28H2,1-6H3;2*1H/b13-11+,14-12+;;. The van der Waals surface area contributed by atoms with Crippen molar-refractivity contribution in [2.75, 3.05) is 67.3 Å². The number of carbonyl (C=O) groups excluding carboxylic acids is 2. The van der Waals surface area contributed by atoms with Crippen molar-refractivity contribution >= 4 is 57.7 Å². The fraction of sp³-hybridized carbons (Fsp3) is 0.364. The van der Waals surface area contributed by atoms with E-state index in [2.05, 4.69) is 19.8 Å². The van der Waals surface area contributed by atoms with Gasteiger partial charge >= 0.3 is 0 Å². The third-order valence-electron chi connectivity index (χ3n) is 8.96. The summed E-state index contributed by atoms with van der Waals surface area (Å²) in [5, 5.41) is 6.00. The van der Waals surface area contributed by atoms with Gasteiger partial charge in [0, 0.05) is 98.8 Å². The first kappa shape index (κ1) is 51.4. The quantitative estimate of drug-likeness (QED) is 0.0555. The number of nitrogens with zero attached hydrogens (tertiary/aromatic N) is 2. The van der Waals surface area contributed by atoms with Crippen molar-refractivity contribution < 1.29 is 72.0 Å². The molecule has 2 N–H and O–H groups in total. The summed E-state index contributed by atoms with van der Waals surface area (Å²) in [5.41, 5.74) is 3.72. The molecule has 16 heteroatoms. The zero-order chi connectivity index (χ0) is 41.5. The molecule has 0 aliphatic carbocycles. The minimum atomic E-state index is 0. The highest BCUT2D eigenvalue weighted by Crippen LogP contribution is 2.36. The summed E-state index contributed by atoms with van der Waals surface area (Å²) in [7, 11) is 13.1. The molecule has 60 heavy (non-hydrogen) atoms. The van der Waals surface area contributed by atoms with Gasteiger partial charge in [-0.25, -0.2) is 9.13 Å². The summed E-state index contributed by atoms with van der Waals surface area (Å²) in [4.78, 5) is 24.7. The number of methoxy groups -OCH3 is 6. The van der Waals surface area contributed by atoms with Crippen molar-refractivity contribution in [2.24, 2.45) is 0 Å². The molecule has 0 unspecified atom stereocenters. The molecule has 0 fully saturated rings. The van der Waals surface area contributed by atoms with Crippen LogP contribution in [-0.2, 0) is 22.7 Å². The number of halogens is 2. The SMILES string of the molecule is COc1cc(OC)c(/C=C/c2cc[n+](CCCC(=O)NCCSSCCNC(=O)CCC[n+]3ccc(/C=C/c4c(OC)cc(OC)cc4OC)cc3)cc2)c(OC)c1.[Cl-].[Cl-]. The molecule has 0 saturated carbocycles. The number of ether oxygens (including phenoxy) is 6. The van der Waals surface area contributed by atoms with Gasteiger partial charge in [-0.15, -0.1) is 0 Å². The zero-order valence-corrected chi connectivity index (χ0v) is 38.2. The zero-order valence-electron chi connectivity index (χ0n) is 35.0. The van der Waals surface area contributed by atoms with Crippen LogP contribution in [-0.4, -0.2) is 79.1 Å². The van der Waals surface area contributed by atoms with Crippen LogP contribution in [0.1, 0.15) is 47.9 Å².